The van der Waals surface area contributed by atoms with Crippen LogP contribution in [0.5, 0.6) is 11.5 Å². The minimum atomic E-state index is -1.24. The first-order valence-electron chi connectivity index (χ1n) is 13.5. The van der Waals surface area contributed by atoms with Gasteiger partial charge in [-0.1, -0.05) is 24.3 Å². The van der Waals surface area contributed by atoms with E-state index in [2.05, 4.69) is 0 Å². The number of carbonyl (C=O) groups excluding carboxylic acids is 3. The number of benzene rings is 3. The molecule has 7 nitrogen and oxygen atoms in total. The number of aryl methyl sites for hydroxylation is 1. The van der Waals surface area contributed by atoms with Crippen LogP contribution in [0.2, 0.25) is 0 Å². The number of Topliss-reactive ketones (excluding diaryl/α,β-unsaturated/α-hetero) is 1. The normalized spacial score (nSPS) is 32.5. The Balaban J connectivity index is 1.50. The molecule has 0 amide bonds. The van der Waals surface area contributed by atoms with Gasteiger partial charge in [0, 0.05) is 40.2 Å². The van der Waals surface area contributed by atoms with Crippen molar-refractivity contribution >= 4 is 17.3 Å². The van der Waals surface area contributed by atoms with E-state index in [-0.39, 0.29) is 63.7 Å². The Labute approximate surface area is 229 Å². The average molecular weight is 535 g/mol. The van der Waals surface area contributed by atoms with E-state index in [1.165, 1.54) is 12.1 Å². The summed E-state index contributed by atoms with van der Waals surface area (Å²) in [4.78, 5) is 42.1. The first-order valence-corrected chi connectivity index (χ1v) is 13.5. The zero-order valence-corrected chi connectivity index (χ0v) is 22.2. The first kappa shape index (κ1) is 23.8. The molecule has 3 aromatic carbocycles. The van der Waals surface area contributed by atoms with Crippen LogP contribution in [0, 0.1) is 12.8 Å². The number of hydrogen-bond acceptors (Lipinski definition) is 7. The summed E-state index contributed by atoms with van der Waals surface area (Å²) in [6.07, 6.45) is 1.68. The molecule has 1 unspecified atom stereocenters. The van der Waals surface area contributed by atoms with Gasteiger partial charge in [0.2, 0.25) is 0 Å². The highest BCUT2D eigenvalue weighted by Crippen LogP contribution is 2.73. The summed E-state index contributed by atoms with van der Waals surface area (Å²) >= 11 is 0. The predicted molar refractivity (Wildman–Crippen MR) is 143 cm³/mol. The molecule has 1 spiro atoms. The van der Waals surface area contributed by atoms with E-state index in [1.807, 2.05) is 13.0 Å². The molecule has 0 aromatic heterocycles. The van der Waals surface area contributed by atoms with Crippen LogP contribution < -0.4 is 0 Å². The quantitative estimate of drug-likeness (QED) is 0.309. The molecule has 1 fully saturated rings. The van der Waals surface area contributed by atoms with Gasteiger partial charge in [-0.3, -0.25) is 14.4 Å². The van der Waals surface area contributed by atoms with Crippen molar-refractivity contribution in [1.82, 2.24) is 0 Å². The Hall–Kier alpha value is -4.07. The van der Waals surface area contributed by atoms with E-state index in [0.29, 0.717) is 27.8 Å². The zero-order chi connectivity index (χ0) is 28.1. The number of phenolic OH excluding ortho intramolecular Hbond substituents is 2. The lowest BCUT2D eigenvalue weighted by molar-refractivity contribution is -0.0622. The number of ketones is 3. The highest BCUT2D eigenvalue weighted by Gasteiger charge is 2.78. The van der Waals surface area contributed by atoms with Crippen LogP contribution in [-0.2, 0) is 22.2 Å². The van der Waals surface area contributed by atoms with Crippen molar-refractivity contribution < 1.29 is 34.4 Å². The topological polar surface area (TPSA) is 121 Å². The van der Waals surface area contributed by atoms with Gasteiger partial charge in [0.1, 0.15) is 17.1 Å². The van der Waals surface area contributed by atoms with E-state index in [0.717, 1.165) is 0 Å². The first-order chi connectivity index (χ1) is 19.0. The molecule has 0 radical (unpaired) electrons. The van der Waals surface area contributed by atoms with Crippen molar-refractivity contribution in [2.75, 3.05) is 0 Å². The van der Waals surface area contributed by atoms with Crippen LogP contribution >= 0.6 is 0 Å². The summed E-state index contributed by atoms with van der Waals surface area (Å²) in [5.41, 5.74) is 0.0353. The SMILES string of the molecule is Cc1cc(O)c2c(c1)C(=O)c1ccc3c(c1C2=O)C[C@]12O[C@H](C)[C@@H]4C31C(=CC[C@@]4(C)O)C(=O)c1c(O)cccc12. The third-order valence-corrected chi connectivity index (χ3v) is 10.1. The molecule has 1 aliphatic heterocycles. The number of rotatable bonds is 0. The summed E-state index contributed by atoms with van der Waals surface area (Å²) in [5.74, 6) is -2.07. The van der Waals surface area contributed by atoms with Crippen molar-refractivity contribution in [3.05, 3.63) is 104 Å². The molecule has 4 aliphatic carbocycles. The molecule has 200 valence electrons. The van der Waals surface area contributed by atoms with Gasteiger partial charge in [0.25, 0.3) is 0 Å². The number of aliphatic hydroxyl groups is 1. The number of fused-ring (bicyclic) bond motifs is 5. The van der Waals surface area contributed by atoms with E-state index >= 15 is 0 Å². The van der Waals surface area contributed by atoms with Crippen LogP contribution in [0.3, 0.4) is 0 Å². The van der Waals surface area contributed by atoms with E-state index in [1.54, 1.807) is 44.2 Å². The molecule has 5 aliphatic rings. The predicted octanol–water partition coefficient (Wildman–Crippen LogP) is 4.18. The minimum absolute atomic E-state index is 0.0265. The minimum Gasteiger partial charge on any atom is -0.507 e. The van der Waals surface area contributed by atoms with Crippen LogP contribution in [0.1, 0.15) is 84.7 Å². The van der Waals surface area contributed by atoms with Gasteiger partial charge in [-0.05, 0) is 68.1 Å². The van der Waals surface area contributed by atoms with Gasteiger partial charge in [-0.2, -0.15) is 0 Å². The van der Waals surface area contributed by atoms with Gasteiger partial charge in [-0.25, -0.2) is 0 Å². The Morgan fingerprint density at radius 2 is 1.65 bits per heavy atom. The summed E-state index contributed by atoms with van der Waals surface area (Å²) in [5, 5.41) is 33.5. The van der Waals surface area contributed by atoms with E-state index in [4.69, 9.17) is 4.74 Å². The fourth-order valence-corrected chi connectivity index (χ4v) is 8.99. The second kappa shape index (κ2) is 6.97. The van der Waals surface area contributed by atoms with Crippen LogP contribution in [-0.4, -0.2) is 44.4 Å². The van der Waals surface area contributed by atoms with Crippen molar-refractivity contribution in [2.45, 2.75) is 56.3 Å². The third kappa shape index (κ3) is 2.32. The second-order valence-corrected chi connectivity index (χ2v) is 12.2. The van der Waals surface area contributed by atoms with Crippen LogP contribution in [0.4, 0.5) is 0 Å². The van der Waals surface area contributed by atoms with Crippen LogP contribution in [0.15, 0.2) is 54.1 Å². The van der Waals surface area contributed by atoms with Crippen LogP contribution in [0.25, 0.3) is 0 Å². The largest absolute Gasteiger partial charge is 0.507 e. The zero-order valence-electron chi connectivity index (χ0n) is 22.2. The summed E-state index contributed by atoms with van der Waals surface area (Å²) in [7, 11) is 0. The number of carbonyl (C=O) groups is 3. The van der Waals surface area contributed by atoms with Crippen molar-refractivity contribution in [3.8, 4) is 11.5 Å². The summed E-state index contributed by atoms with van der Waals surface area (Å²) in [6.45, 7) is 5.40. The highest BCUT2D eigenvalue weighted by atomic mass is 16.5. The highest BCUT2D eigenvalue weighted by molar-refractivity contribution is 6.30. The molecule has 1 heterocycles. The molecule has 3 N–H and O–H groups in total. The smallest absolute Gasteiger partial charge is 0.198 e. The maximum absolute atomic E-state index is 14.2. The Morgan fingerprint density at radius 1 is 0.875 bits per heavy atom. The van der Waals surface area contributed by atoms with Crippen molar-refractivity contribution in [2.24, 2.45) is 5.92 Å². The lowest BCUT2D eigenvalue weighted by Crippen LogP contribution is -2.60. The monoisotopic (exact) mass is 534 g/mol. The van der Waals surface area contributed by atoms with Gasteiger partial charge >= 0.3 is 0 Å². The number of aromatic hydroxyl groups is 2. The molecule has 0 bridgehead atoms. The molecular weight excluding hydrogens is 508 g/mol. The summed E-state index contributed by atoms with van der Waals surface area (Å²) < 4.78 is 6.88. The second-order valence-electron chi connectivity index (χ2n) is 12.2. The van der Waals surface area contributed by atoms with Gasteiger partial charge in [0.05, 0.1) is 28.2 Å². The molecular formula is C33H26O7. The van der Waals surface area contributed by atoms with Gasteiger partial charge in [-0.15, -0.1) is 0 Å². The maximum Gasteiger partial charge on any atom is 0.198 e. The fraction of sp³-hybridized carbons (Fsp3) is 0.303. The third-order valence-electron chi connectivity index (χ3n) is 10.1. The lowest BCUT2D eigenvalue weighted by atomic mass is 9.48. The molecule has 1 saturated heterocycles. The van der Waals surface area contributed by atoms with Gasteiger partial charge in [0.15, 0.2) is 17.3 Å². The maximum atomic E-state index is 14.2. The molecule has 3 aromatic rings. The van der Waals surface area contributed by atoms with Crippen molar-refractivity contribution in [1.29, 1.82) is 0 Å². The number of hydrogen-bond donors (Lipinski definition) is 3. The van der Waals surface area contributed by atoms with E-state index in [9.17, 15) is 29.7 Å². The molecule has 8 rings (SSSR count). The van der Waals surface area contributed by atoms with Crippen molar-refractivity contribution in [3.63, 3.8) is 0 Å². The van der Waals surface area contributed by atoms with Gasteiger partial charge < -0.3 is 20.1 Å². The van der Waals surface area contributed by atoms with E-state index < -0.39 is 34.4 Å². The molecule has 0 saturated carbocycles. The Kier molecular flexibility index (Phi) is 4.15. The Morgan fingerprint density at radius 3 is 2.42 bits per heavy atom. The number of ether oxygens (including phenoxy) is 1. The molecule has 40 heavy (non-hydrogen) atoms. The fourth-order valence-electron chi connectivity index (χ4n) is 8.99. The lowest BCUT2D eigenvalue weighted by Gasteiger charge is -2.53. The molecule has 5 atom stereocenters. The summed E-state index contributed by atoms with van der Waals surface area (Å²) in [6, 6.07) is 11.5. The average Bonchev–Trinajstić information content (AvgIpc) is 3.32. The standard InChI is InChI=1S/C33H26O7/c1-14-11-17-25(23(35)12-14)29(38)24-16(27(17)36)7-8-19-18(24)13-32-20-5-4-6-22(34)26(20)28(37)21-9-10-31(3,39)30(15(2)40-32)33(19,21)32/h4-9,11-12,15,30,34-35,39H,10,13H2,1-3H3/t15-,30+,31-,32-,33?/m1/s1. The number of phenols is 2. The molecule has 7 heteroatoms. The Bertz CT molecular complexity index is 1830.